The second-order valence-corrected chi connectivity index (χ2v) is 5.09. The van der Waals surface area contributed by atoms with E-state index in [9.17, 15) is 4.79 Å². The highest BCUT2D eigenvalue weighted by Crippen LogP contribution is 2.22. The van der Waals surface area contributed by atoms with Gasteiger partial charge in [0.25, 0.3) is 5.91 Å². The van der Waals surface area contributed by atoms with Gasteiger partial charge in [-0.3, -0.25) is 4.79 Å². The van der Waals surface area contributed by atoms with Crippen molar-refractivity contribution in [1.82, 2.24) is 5.43 Å². The SMILES string of the molecule is COc1ccc(/C=N\NC(=O)/C=C/c2ccc(C)cc2)c(OC)c1. The number of methoxy groups -OCH3 is 2. The Bertz CT molecular complexity index is 750. The van der Waals surface area contributed by atoms with Crippen molar-refractivity contribution in [3.8, 4) is 11.5 Å². The van der Waals surface area contributed by atoms with Crippen LogP contribution < -0.4 is 14.9 Å². The Morgan fingerprint density at radius 1 is 1.08 bits per heavy atom. The van der Waals surface area contributed by atoms with E-state index < -0.39 is 0 Å². The first-order valence-corrected chi connectivity index (χ1v) is 7.42. The van der Waals surface area contributed by atoms with Crippen molar-refractivity contribution in [2.45, 2.75) is 6.92 Å². The zero-order valence-electron chi connectivity index (χ0n) is 13.9. The van der Waals surface area contributed by atoms with E-state index in [0.717, 1.165) is 11.1 Å². The summed E-state index contributed by atoms with van der Waals surface area (Å²) >= 11 is 0. The zero-order valence-corrected chi connectivity index (χ0v) is 13.9. The minimum absolute atomic E-state index is 0.306. The number of hydrogen-bond acceptors (Lipinski definition) is 4. The van der Waals surface area contributed by atoms with Gasteiger partial charge in [-0.25, -0.2) is 5.43 Å². The fourth-order valence-corrected chi connectivity index (χ4v) is 1.98. The van der Waals surface area contributed by atoms with Crippen molar-refractivity contribution in [2.75, 3.05) is 14.2 Å². The maximum atomic E-state index is 11.8. The van der Waals surface area contributed by atoms with Gasteiger partial charge in [-0.2, -0.15) is 5.10 Å². The van der Waals surface area contributed by atoms with E-state index in [0.29, 0.717) is 11.5 Å². The molecule has 0 fully saturated rings. The Kier molecular flexibility index (Phi) is 6.14. The van der Waals surface area contributed by atoms with Gasteiger partial charge in [-0.15, -0.1) is 0 Å². The molecule has 0 spiro atoms. The molecule has 1 amide bonds. The van der Waals surface area contributed by atoms with Crippen molar-refractivity contribution >= 4 is 18.2 Å². The summed E-state index contributed by atoms with van der Waals surface area (Å²) in [5, 5.41) is 3.94. The number of nitrogens with zero attached hydrogens (tertiary/aromatic N) is 1. The molecule has 2 aromatic rings. The van der Waals surface area contributed by atoms with Crippen molar-refractivity contribution in [3.63, 3.8) is 0 Å². The molecule has 0 aliphatic carbocycles. The van der Waals surface area contributed by atoms with Crippen LogP contribution in [-0.4, -0.2) is 26.3 Å². The molecule has 0 aromatic heterocycles. The number of rotatable bonds is 6. The fraction of sp³-hybridized carbons (Fsp3) is 0.158. The zero-order chi connectivity index (χ0) is 17.4. The number of hydrogen-bond donors (Lipinski definition) is 1. The van der Waals surface area contributed by atoms with E-state index in [2.05, 4.69) is 10.5 Å². The maximum absolute atomic E-state index is 11.8. The third-order valence-corrected chi connectivity index (χ3v) is 3.32. The van der Waals surface area contributed by atoms with Crippen molar-refractivity contribution < 1.29 is 14.3 Å². The lowest BCUT2D eigenvalue weighted by Crippen LogP contribution is -2.14. The van der Waals surface area contributed by atoms with Gasteiger partial charge in [0, 0.05) is 17.7 Å². The van der Waals surface area contributed by atoms with Gasteiger partial charge < -0.3 is 9.47 Å². The minimum Gasteiger partial charge on any atom is -0.497 e. The molecular weight excluding hydrogens is 304 g/mol. The second kappa shape index (κ2) is 8.53. The Balaban J connectivity index is 1.96. The number of carbonyl (C=O) groups is 1. The van der Waals surface area contributed by atoms with Gasteiger partial charge in [0.05, 0.1) is 20.4 Å². The highest BCUT2D eigenvalue weighted by atomic mass is 16.5. The summed E-state index contributed by atoms with van der Waals surface area (Å²) in [5.41, 5.74) is 5.32. The molecule has 0 unspecified atom stereocenters. The molecule has 2 aromatic carbocycles. The first-order valence-electron chi connectivity index (χ1n) is 7.42. The van der Waals surface area contributed by atoms with Gasteiger partial charge in [0.2, 0.25) is 0 Å². The first-order chi connectivity index (χ1) is 11.6. The number of nitrogens with one attached hydrogen (secondary N) is 1. The van der Waals surface area contributed by atoms with Gasteiger partial charge >= 0.3 is 0 Å². The Morgan fingerprint density at radius 3 is 2.50 bits per heavy atom. The van der Waals surface area contributed by atoms with Crippen molar-refractivity contribution in [3.05, 3.63) is 65.2 Å². The molecule has 1 N–H and O–H groups in total. The first kappa shape index (κ1) is 17.3. The number of hydrazone groups is 1. The molecule has 0 aliphatic heterocycles. The van der Waals surface area contributed by atoms with Crippen LogP contribution in [0.5, 0.6) is 11.5 Å². The lowest BCUT2D eigenvalue weighted by molar-refractivity contribution is -0.116. The quantitative estimate of drug-likeness (QED) is 0.504. The van der Waals surface area contributed by atoms with Crippen molar-refractivity contribution in [1.29, 1.82) is 0 Å². The summed E-state index contributed by atoms with van der Waals surface area (Å²) in [7, 11) is 3.15. The molecule has 2 rings (SSSR count). The largest absolute Gasteiger partial charge is 0.497 e. The molecule has 0 saturated heterocycles. The number of amides is 1. The normalized spacial score (nSPS) is 11.0. The summed E-state index contributed by atoms with van der Waals surface area (Å²) in [6.07, 6.45) is 4.70. The van der Waals surface area contributed by atoms with Crippen LogP contribution in [-0.2, 0) is 4.79 Å². The number of benzene rings is 2. The Morgan fingerprint density at radius 2 is 1.83 bits per heavy atom. The highest BCUT2D eigenvalue weighted by molar-refractivity contribution is 5.93. The average Bonchev–Trinajstić information content (AvgIpc) is 2.61. The molecule has 124 valence electrons. The summed E-state index contributed by atoms with van der Waals surface area (Å²) < 4.78 is 10.4. The molecule has 24 heavy (non-hydrogen) atoms. The second-order valence-electron chi connectivity index (χ2n) is 5.09. The van der Waals surface area contributed by atoms with E-state index in [-0.39, 0.29) is 5.91 Å². The minimum atomic E-state index is -0.306. The molecule has 0 bridgehead atoms. The topological polar surface area (TPSA) is 59.9 Å². The van der Waals surface area contributed by atoms with Crippen LogP contribution in [0.4, 0.5) is 0 Å². The van der Waals surface area contributed by atoms with Crippen LogP contribution in [0, 0.1) is 6.92 Å². The predicted octanol–water partition coefficient (Wildman–Crippen LogP) is 3.18. The van der Waals surface area contributed by atoms with Crippen LogP contribution >= 0.6 is 0 Å². The van der Waals surface area contributed by atoms with E-state index in [4.69, 9.17) is 9.47 Å². The van der Waals surface area contributed by atoms with E-state index in [1.165, 1.54) is 17.9 Å². The van der Waals surface area contributed by atoms with Crippen LogP contribution in [0.25, 0.3) is 6.08 Å². The molecule has 0 saturated carbocycles. The summed E-state index contributed by atoms with van der Waals surface area (Å²) in [4.78, 5) is 11.8. The lowest BCUT2D eigenvalue weighted by atomic mass is 10.1. The molecule has 5 heteroatoms. The molecule has 0 aliphatic rings. The van der Waals surface area contributed by atoms with Crippen LogP contribution in [0.15, 0.2) is 53.6 Å². The summed E-state index contributed by atoms with van der Waals surface area (Å²) in [6.45, 7) is 2.02. The molecule has 5 nitrogen and oxygen atoms in total. The number of carbonyl (C=O) groups excluding carboxylic acids is 1. The van der Waals surface area contributed by atoms with E-state index in [1.54, 1.807) is 38.5 Å². The van der Waals surface area contributed by atoms with Gasteiger partial charge in [-0.1, -0.05) is 29.8 Å². The van der Waals surface area contributed by atoms with Crippen LogP contribution in [0.3, 0.4) is 0 Å². The van der Waals surface area contributed by atoms with Crippen LogP contribution in [0.1, 0.15) is 16.7 Å². The molecule has 0 atom stereocenters. The smallest absolute Gasteiger partial charge is 0.264 e. The number of ether oxygens (including phenoxy) is 2. The predicted molar refractivity (Wildman–Crippen MR) is 95.5 cm³/mol. The molecular formula is C19H20N2O3. The van der Waals surface area contributed by atoms with E-state index >= 15 is 0 Å². The number of aryl methyl sites for hydroxylation is 1. The molecule has 0 radical (unpaired) electrons. The monoisotopic (exact) mass is 324 g/mol. The third kappa shape index (κ3) is 4.98. The Hall–Kier alpha value is -3.08. The van der Waals surface area contributed by atoms with E-state index in [1.807, 2.05) is 31.2 Å². The fourth-order valence-electron chi connectivity index (χ4n) is 1.98. The van der Waals surface area contributed by atoms with Gasteiger partial charge in [0.15, 0.2) is 0 Å². The average molecular weight is 324 g/mol. The van der Waals surface area contributed by atoms with Gasteiger partial charge in [-0.05, 0) is 30.7 Å². The standard InChI is InChI=1S/C19H20N2O3/c1-14-4-6-15(7-5-14)8-11-19(22)21-20-13-16-9-10-17(23-2)12-18(16)24-3/h4-13H,1-3H3,(H,21,22)/b11-8+,20-13-. The summed E-state index contributed by atoms with van der Waals surface area (Å²) in [6, 6.07) is 13.2. The third-order valence-electron chi connectivity index (χ3n) is 3.32. The van der Waals surface area contributed by atoms with Gasteiger partial charge in [0.1, 0.15) is 11.5 Å². The molecule has 0 heterocycles. The highest BCUT2D eigenvalue weighted by Gasteiger charge is 2.02. The Labute approximate surface area is 141 Å². The van der Waals surface area contributed by atoms with Crippen molar-refractivity contribution in [2.24, 2.45) is 5.10 Å². The summed E-state index contributed by atoms with van der Waals surface area (Å²) in [5.74, 6) is 0.996. The lowest BCUT2D eigenvalue weighted by Gasteiger charge is -2.06. The maximum Gasteiger partial charge on any atom is 0.264 e. The van der Waals surface area contributed by atoms with Crippen LogP contribution in [0.2, 0.25) is 0 Å².